The Morgan fingerprint density at radius 3 is 2.50 bits per heavy atom. The molecule has 2 aliphatic rings. The highest BCUT2D eigenvalue weighted by Gasteiger charge is 2.45. The summed E-state index contributed by atoms with van der Waals surface area (Å²) in [6, 6.07) is 2.74. The van der Waals surface area contributed by atoms with Crippen molar-refractivity contribution in [3.8, 4) is 0 Å². The van der Waals surface area contributed by atoms with Gasteiger partial charge in [-0.3, -0.25) is 19.2 Å². The normalized spacial score (nSPS) is 18.2. The molecule has 0 atom stereocenters. The number of halogens is 4. The summed E-state index contributed by atoms with van der Waals surface area (Å²) < 4.78 is 55.9. The van der Waals surface area contributed by atoms with Gasteiger partial charge in [0, 0.05) is 28.8 Å². The van der Waals surface area contributed by atoms with Gasteiger partial charge >= 0.3 is 11.9 Å². The molecule has 2 aromatic rings. The first-order valence-corrected chi connectivity index (χ1v) is 10.6. The summed E-state index contributed by atoms with van der Waals surface area (Å²) in [7, 11) is 0. The number of nitrogens with one attached hydrogen (secondary N) is 1. The molecular formula is C23H25F4N3O2. The lowest BCUT2D eigenvalue weighted by Crippen LogP contribution is -2.45. The standard InChI is InChI=1S/C23H25F4N3O2/c1-14(2)12-29-10-8-22(9-11-29)7-6-18-19(22)20(31)28-21(32)30(18)13-15-16(23(25,26)27)4-3-5-17(15)24/h3-5H,1,6-13H2,2H3,(H,28,31,32). The molecule has 0 amide bonds. The summed E-state index contributed by atoms with van der Waals surface area (Å²) in [5.41, 5.74) is -1.52. The predicted octanol–water partition coefficient (Wildman–Crippen LogP) is 3.60. The van der Waals surface area contributed by atoms with Crippen molar-refractivity contribution in [2.24, 2.45) is 0 Å². The van der Waals surface area contributed by atoms with Gasteiger partial charge in [-0.1, -0.05) is 18.2 Å². The maximum Gasteiger partial charge on any atom is 0.416 e. The van der Waals surface area contributed by atoms with Crippen molar-refractivity contribution in [3.05, 3.63) is 79.4 Å². The van der Waals surface area contributed by atoms with Crippen LogP contribution in [0.25, 0.3) is 0 Å². The molecule has 0 bridgehead atoms. The summed E-state index contributed by atoms with van der Waals surface area (Å²) in [6.45, 7) is 7.60. The van der Waals surface area contributed by atoms with Gasteiger partial charge in [-0.05, 0) is 57.8 Å². The summed E-state index contributed by atoms with van der Waals surface area (Å²) in [4.78, 5) is 29.9. The van der Waals surface area contributed by atoms with Crippen molar-refractivity contribution in [1.82, 2.24) is 14.5 Å². The van der Waals surface area contributed by atoms with Gasteiger partial charge in [0.2, 0.25) is 0 Å². The van der Waals surface area contributed by atoms with Crippen LogP contribution in [0.5, 0.6) is 0 Å². The van der Waals surface area contributed by atoms with Crippen molar-refractivity contribution < 1.29 is 17.6 Å². The van der Waals surface area contributed by atoms with E-state index in [1.807, 2.05) is 6.92 Å². The zero-order valence-corrected chi connectivity index (χ0v) is 17.8. The zero-order chi connectivity index (χ0) is 23.3. The Balaban J connectivity index is 1.75. The van der Waals surface area contributed by atoms with Crippen molar-refractivity contribution in [1.29, 1.82) is 0 Å². The lowest BCUT2D eigenvalue weighted by molar-refractivity contribution is -0.138. The monoisotopic (exact) mass is 451 g/mol. The van der Waals surface area contributed by atoms with E-state index < -0.39 is 46.3 Å². The number of alkyl halides is 3. The van der Waals surface area contributed by atoms with Crippen LogP contribution in [0.15, 0.2) is 39.9 Å². The summed E-state index contributed by atoms with van der Waals surface area (Å²) in [6.07, 6.45) is -2.31. The maximum atomic E-state index is 14.4. The fraction of sp³-hybridized carbons (Fsp3) is 0.478. The van der Waals surface area contributed by atoms with Crippen LogP contribution < -0.4 is 11.2 Å². The Morgan fingerprint density at radius 1 is 1.19 bits per heavy atom. The van der Waals surface area contributed by atoms with Crippen molar-refractivity contribution >= 4 is 0 Å². The Bertz CT molecular complexity index is 1170. The molecule has 0 radical (unpaired) electrons. The number of aromatic amines is 1. The van der Waals surface area contributed by atoms with E-state index in [-0.39, 0.29) is 0 Å². The molecule has 1 aromatic heterocycles. The molecule has 4 rings (SSSR count). The number of fused-ring (bicyclic) bond motifs is 2. The molecule has 2 heterocycles. The number of hydrogen-bond donors (Lipinski definition) is 1. The molecule has 0 unspecified atom stereocenters. The van der Waals surface area contributed by atoms with Crippen LogP contribution in [0.3, 0.4) is 0 Å². The van der Waals surface area contributed by atoms with E-state index in [1.54, 1.807) is 0 Å². The molecule has 1 fully saturated rings. The third kappa shape index (κ3) is 3.94. The van der Waals surface area contributed by atoms with Crippen molar-refractivity contribution in [2.75, 3.05) is 19.6 Å². The first-order valence-electron chi connectivity index (χ1n) is 10.6. The molecule has 1 aromatic carbocycles. The number of piperidine rings is 1. The fourth-order valence-electron chi connectivity index (χ4n) is 5.24. The SMILES string of the molecule is C=C(C)CN1CCC2(CCc3c2c(=O)[nH]c(=O)n3Cc2c(F)cccc2C(F)(F)F)CC1. The highest BCUT2D eigenvalue weighted by molar-refractivity contribution is 5.37. The van der Waals surface area contributed by atoms with Gasteiger partial charge in [-0.15, -0.1) is 0 Å². The third-order valence-corrected chi connectivity index (χ3v) is 6.72. The summed E-state index contributed by atoms with van der Waals surface area (Å²) in [5.74, 6) is -1.03. The number of rotatable bonds is 4. The Labute approximate surface area is 182 Å². The average Bonchev–Trinajstić information content (AvgIpc) is 3.06. The minimum atomic E-state index is -4.76. The van der Waals surface area contributed by atoms with E-state index in [0.29, 0.717) is 36.9 Å². The maximum absolute atomic E-state index is 14.4. The average molecular weight is 451 g/mol. The molecule has 1 aliphatic heterocycles. The molecule has 9 heteroatoms. The van der Waals surface area contributed by atoms with Crippen molar-refractivity contribution in [2.45, 2.75) is 50.7 Å². The van der Waals surface area contributed by atoms with Crippen LogP contribution in [0, 0.1) is 5.82 Å². The van der Waals surface area contributed by atoms with Gasteiger partial charge in [0.1, 0.15) is 5.82 Å². The van der Waals surface area contributed by atoms with Crippen LogP contribution >= 0.6 is 0 Å². The number of H-pyrrole nitrogens is 1. The molecule has 1 aliphatic carbocycles. The first kappa shape index (κ1) is 22.5. The number of benzene rings is 1. The molecule has 1 N–H and O–H groups in total. The molecule has 1 saturated heterocycles. The van der Waals surface area contributed by atoms with Crippen LogP contribution in [-0.4, -0.2) is 34.1 Å². The minimum Gasteiger partial charge on any atom is -0.299 e. The van der Waals surface area contributed by atoms with Crippen LogP contribution in [0.1, 0.15) is 48.6 Å². The van der Waals surface area contributed by atoms with Gasteiger partial charge in [-0.25, -0.2) is 9.18 Å². The van der Waals surface area contributed by atoms with E-state index in [0.717, 1.165) is 48.0 Å². The molecule has 32 heavy (non-hydrogen) atoms. The third-order valence-electron chi connectivity index (χ3n) is 6.72. The zero-order valence-electron chi connectivity index (χ0n) is 17.8. The quantitative estimate of drug-likeness (QED) is 0.571. The second kappa shape index (κ2) is 8.03. The fourth-order valence-corrected chi connectivity index (χ4v) is 5.24. The van der Waals surface area contributed by atoms with E-state index in [2.05, 4.69) is 16.5 Å². The minimum absolute atomic E-state index is 0.394. The number of nitrogens with zero attached hydrogens (tertiary/aromatic N) is 2. The lowest BCUT2D eigenvalue weighted by Gasteiger charge is -2.39. The van der Waals surface area contributed by atoms with Gasteiger partial charge in [-0.2, -0.15) is 13.2 Å². The second-order valence-electron chi connectivity index (χ2n) is 8.94. The number of hydrogen-bond acceptors (Lipinski definition) is 3. The molecule has 5 nitrogen and oxygen atoms in total. The second-order valence-corrected chi connectivity index (χ2v) is 8.94. The Hall–Kier alpha value is -2.68. The summed E-state index contributed by atoms with van der Waals surface area (Å²) >= 11 is 0. The van der Waals surface area contributed by atoms with Gasteiger partial charge < -0.3 is 0 Å². The first-order chi connectivity index (χ1) is 15.0. The van der Waals surface area contributed by atoms with E-state index in [4.69, 9.17) is 0 Å². The van der Waals surface area contributed by atoms with E-state index in [1.165, 1.54) is 0 Å². The predicted molar refractivity (Wildman–Crippen MR) is 112 cm³/mol. The molecular weight excluding hydrogens is 426 g/mol. The Morgan fingerprint density at radius 2 is 1.88 bits per heavy atom. The largest absolute Gasteiger partial charge is 0.416 e. The topological polar surface area (TPSA) is 58.1 Å². The van der Waals surface area contributed by atoms with Crippen molar-refractivity contribution in [3.63, 3.8) is 0 Å². The van der Waals surface area contributed by atoms with E-state index in [9.17, 15) is 27.2 Å². The number of likely N-dealkylation sites (tertiary alicyclic amines) is 1. The van der Waals surface area contributed by atoms with Gasteiger partial charge in [0.05, 0.1) is 12.1 Å². The smallest absolute Gasteiger partial charge is 0.299 e. The lowest BCUT2D eigenvalue weighted by atomic mass is 9.74. The highest BCUT2D eigenvalue weighted by atomic mass is 19.4. The Kier molecular flexibility index (Phi) is 5.65. The highest BCUT2D eigenvalue weighted by Crippen LogP contribution is 2.44. The van der Waals surface area contributed by atoms with E-state index >= 15 is 0 Å². The molecule has 0 saturated carbocycles. The van der Waals surface area contributed by atoms with Crippen LogP contribution in [0.2, 0.25) is 0 Å². The van der Waals surface area contributed by atoms with Gasteiger partial charge in [0.25, 0.3) is 5.56 Å². The molecule has 172 valence electrons. The molecule has 1 spiro atoms. The van der Waals surface area contributed by atoms with Crippen LogP contribution in [-0.2, 0) is 24.6 Å². The van der Waals surface area contributed by atoms with Crippen LogP contribution in [0.4, 0.5) is 17.6 Å². The van der Waals surface area contributed by atoms with Gasteiger partial charge in [0.15, 0.2) is 0 Å². The number of aromatic nitrogens is 2. The summed E-state index contributed by atoms with van der Waals surface area (Å²) in [5, 5.41) is 0.